The summed E-state index contributed by atoms with van der Waals surface area (Å²) in [7, 11) is 0. The Morgan fingerprint density at radius 2 is 2.00 bits per heavy atom. The molecule has 2 rings (SSSR count). The topological polar surface area (TPSA) is 90.6 Å². The first kappa shape index (κ1) is 11.9. The Bertz CT molecular complexity index is 471. The van der Waals surface area contributed by atoms with E-state index in [0.717, 1.165) is 18.8 Å². The molecule has 3 N–H and O–H groups in total. The molecule has 0 amide bonds. The minimum absolute atomic E-state index is 0.213. The summed E-state index contributed by atoms with van der Waals surface area (Å²) in [6.45, 7) is 2.21. The summed E-state index contributed by atoms with van der Waals surface area (Å²) in [5, 5.41) is 9.04. The summed E-state index contributed by atoms with van der Waals surface area (Å²) in [5.41, 5.74) is -1.03. The molecule has 1 saturated carbocycles. The Morgan fingerprint density at radius 1 is 1.29 bits per heavy atom. The van der Waals surface area contributed by atoms with Gasteiger partial charge in [-0.3, -0.25) is 9.78 Å². The van der Waals surface area contributed by atoms with Crippen LogP contribution in [0.5, 0.6) is 0 Å². The molecule has 0 radical (unpaired) electrons. The molecule has 17 heavy (non-hydrogen) atoms. The molecule has 0 atom stereocenters. The highest BCUT2D eigenvalue weighted by molar-refractivity contribution is 5.30. The molecule has 0 spiro atoms. The number of H-pyrrole nitrogens is 2. The third-order valence-corrected chi connectivity index (χ3v) is 3.48. The molecule has 1 aliphatic rings. The van der Waals surface area contributed by atoms with E-state index in [9.17, 15) is 9.59 Å². The number of anilines is 1. The van der Waals surface area contributed by atoms with E-state index in [2.05, 4.69) is 27.4 Å². The van der Waals surface area contributed by atoms with E-state index >= 15 is 0 Å². The standard InChI is InChI=1S/C11H18N4O2/c1-2-7-3-5-8(6-4-7)12-9-10(16)13-11(17)15-14-9/h7-8H,2-6H2,1H3,(H,12,14)(H2,13,15,16,17). The summed E-state index contributed by atoms with van der Waals surface area (Å²) >= 11 is 0. The molecular weight excluding hydrogens is 220 g/mol. The highest BCUT2D eigenvalue weighted by atomic mass is 16.2. The number of nitrogens with zero attached hydrogens (tertiary/aromatic N) is 1. The van der Waals surface area contributed by atoms with E-state index in [0.29, 0.717) is 0 Å². The lowest BCUT2D eigenvalue weighted by molar-refractivity contribution is 0.329. The number of rotatable bonds is 3. The minimum atomic E-state index is -0.574. The first-order chi connectivity index (χ1) is 8.19. The van der Waals surface area contributed by atoms with Gasteiger partial charge in [-0.05, 0) is 31.6 Å². The lowest BCUT2D eigenvalue weighted by Crippen LogP contribution is -2.32. The van der Waals surface area contributed by atoms with Gasteiger partial charge in [0.1, 0.15) is 0 Å². The summed E-state index contributed by atoms with van der Waals surface area (Å²) < 4.78 is 0. The van der Waals surface area contributed by atoms with Gasteiger partial charge in [0.15, 0.2) is 0 Å². The van der Waals surface area contributed by atoms with E-state index in [1.165, 1.54) is 19.3 Å². The van der Waals surface area contributed by atoms with Gasteiger partial charge in [0.2, 0.25) is 5.82 Å². The van der Waals surface area contributed by atoms with E-state index in [1.54, 1.807) is 0 Å². The Hall–Kier alpha value is -1.59. The van der Waals surface area contributed by atoms with Crippen molar-refractivity contribution < 1.29 is 0 Å². The van der Waals surface area contributed by atoms with Crippen molar-refractivity contribution in [1.82, 2.24) is 15.2 Å². The van der Waals surface area contributed by atoms with Crippen LogP contribution in [0, 0.1) is 5.92 Å². The van der Waals surface area contributed by atoms with Crippen molar-refractivity contribution >= 4 is 5.82 Å². The molecule has 0 aromatic carbocycles. The number of nitrogens with one attached hydrogen (secondary N) is 3. The van der Waals surface area contributed by atoms with Crippen molar-refractivity contribution in [3.63, 3.8) is 0 Å². The van der Waals surface area contributed by atoms with Gasteiger partial charge in [-0.25, -0.2) is 9.89 Å². The molecule has 0 saturated heterocycles. The maximum atomic E-state index is 11.4. The van der Waals surface area contributed by atoms with E-state index in [4.69, 9.17) is 0 Å². The van der Waals surface area contributed by atoms with Crippen LogP contribution in [0.2, 0.25) is 0 Å². The molecule has 6 nitrogen and oxygen atoms in total. The lowest BCUT2D eigenvalue weighted by Gasteiger charge is -2.28. The van der Waals surface area contributed by atoms with E-state index in [-0.39, 0.29) is 11.9 Å². The zero-order chi connectivity index (χ0) is 12.3. The van der Waals surface area contributed by atoms with Crippen LogP contribution in [0.25, 0.3) is 0 Å². The van der Waals surface area contributed by atoms with Gasteiger partial charge in [-0.15, -0.1) is 5.10 Å². The van der Waals surface area contributed by atoms with Crippen LogP contribution in [0.3, 0.4) is 0 Å². The summed E-state index contributed by atoms with van der Waals surface area (Å²) in [6, 6.07) is 0.289. The smallest absolute Gasteiger partial charge is 0.342 e. The summed E-state index contributed by atoms with van der Waals surface area (Å²) in [5.74, 6) is 1.03. The third-order valence-electron chi connectivity index (χ3n) is 3.48. The Kier molecular flexibility index (Phi) is 3.61. The fraction of sp³-hybridized carbons (Fsp3) is 0.727. The Labute approximate surface area is 98.8 Å². The van der Waals surface area contributed by atoms with Crippen LogP contribution in [0.15, 0.2) is 9.59 Å². The normalized spacial score (nSPS) is 24.5. The van der Waals surface area contributed by atoms with Crippen molar-refractivity contribution in [2.45, 2.75) is 45.1 Å². The second-order valence-corrected chi connectivity index (χ2v) is 4.63. The predicted molar refractivity (Wildman–Crippen MR) is 65.1 cm³/mol. The molecule has 1 aromatic rings. The first-order valence-corrected chi connectivity index (χ1v) is 6.14. The molecule has 1 fully saturated rings. The van der Waals surface area contributed by atoms with Gasteiger partial charge < -0.3 is 5.32 Å². The molecule has 1 aliphatic carbocycles. The van der Waals surface area contributed by atoms with Crippen LogP contribution in [0.1, 0.15) is 39.0 Å². The predicted octanol–water partition coefficient (Wildman–Crippen LogP) is 0.839. The fourth-order valence-electron chi connectivity index (χ4n) is 2.35. The zero-order valence-electron chi connectivity index (χ0n) is 9.95. The van der Waals surface area contributed by atoms with E-state index in [1.807, 2.05) is 0 Å². The quantitative estimate of drug-likeness (QED) is 0.727. The number of hydrogen-bond donors (Lipinski definition) is 3. The van der Waals surface area contributed by atoms with Crippen LogP contribution in [0.4, 0.5) is 5.82 Å². The van der Waals surface area contributed by atoms with Gasteiger partial charge in [-0.1, -0.05) is 13.3 Å². The summed E-state index contributed by atoms with van der Waals surface area (Å²) in [6.07, 6.45) is 5.71. The summed E-state index contributed by atoms with van der Waals surface area (Å²) in [4.78, 5) is 24.4. The number of aromatic amines is 2. The molecular formula is C11H18N4O2. The maximum Gasteiger partial charge on any atom is 0.342 e. The second kappa shape index (κ2) is 5.16. The van der Waals surface area contributed by atoms with Gasteiger partial charge in [0, 0.05) is 6.04 Å². The van der Waals surface area contributed by atoms with E-state index < -0.39 is 11.2 Å². The van der Waals surface area contributed by atoms with Crippen molar-refractivity contribution in [1.29, 1.82) is 0 Å². The molecule has 0 unspecified atom stereocenters. The van der Waals surface area contributed by atoms with Crippen molar-refractivity contribution in [2.75, 3.05) is 5.32 Å². The second-order valence-electron chi connectivity index (χ2n) is 4.63. The fourth-order valence-corrected chi connectivity index (χ4v) is 2.35. The first-order valence-electron chi connectivity index (χ1n) is 6.14. The van der Waals surface area contributed by atoms with Crippen LogP contribution in [-0.4, -0.2) is 21.2 Å². The Balaban J connectivity index is 1.98. The zero-order valence-corrected chi connectivity index (χ0v) is 9.95. The molecule has 1 heterocycles. The highest BCUT2D eigenvalue weighted by Gasteiger charge is 2.20. The maximum absolute atomic E-state index is 11.4. The monoisotopic (exact) mass is 238 g/mol. The van der Waals surface area contributed by atoms with Crippen LogP contribution >= 0.6 is 0 Å². The molecule has 0 bridgehead atoms. The third kappa shape index (κ3) is 2.95. The van der Waals surface area contributed by atoms with Crippen LogP contribution in [-0.2, 0) is 0 Å². The number of aromatic nitrogens is 3. The van der Waals surface area contributed by atoms with Gasteiger partial charge in [0.05, 0.1) is 0 Å². The van der Waals surface area contributed by atoms with Crippen molar-refractivity contribution in [3.05, 3.63) is 20.8 Å². The average Bonchev–Trinajstić information content (AvgIpc) is 2.34. The molecule has 0 aliphatic heterocycles. The minimum Gasteiger partial charge on any atom is -0.361 e. The highest BCUT2D eigenvalue weighted by Crippen LogP contribution is 2.27. The average molecular weight is 238 g/mol. The molecule has 1 aromatic heterocycles. The van der Waals surface area contributed by atoms with Gasteiger partial charge in [0.25, 0.3) is 5.56 Å². The largest absolute Gasteiger partial charge is 0.361 e. The number of hydrogen-bond acceptors (Lipinski definition) is 4. The molecule has 94 valence electrons. The van der Waals surface area contributed by atoms with Crippen molar-refractivity contribution in [2.24, 2.45) is 5.92 Å². The molecule has 6 heteroatoms. The lowest BCUT2D eigenvalue weighted by atomic mass is 9.84. The van der Waals surface area contributed by atoms with Crippen molar-refractivity contribution in [3.8, 4) is 0 Å². The SMILES string of the molecule is CCC1CCC(Nc2n[nH]c(=O)[nH]c2=O)CC1. The van der Waals surface area contributed by atoms with Gasteiger partial charge in [-0.2, -0.15) is 0 Å². The van der Waals surface area contributed by atoms with Gasteiger partial charge >= 0.3 is 5.69 Å². The Morgan fingerprint density at radius 3 is 2.59 bits per heavy atom. The van der Waals surface area contributed by atoms with Crippen LogP contribution < -0.4 is 16.6 Å².